The van der Waals surface area contributed by atoms with Gasteiger partial charge in [0.15, 0.2) is 0 Å². The van der Waals surface area contributed by atoms with Gasteiger partial charge in [-0.25, -0.2) is 0 Å². The van der Waals surface area contributed by atoms with Crippen LogP contribution in [0.3, 0.4) is 0 Å². The molecule has 0 aromatic heterocycles. The second kappa shape index (κ2) is 12.6. The van der Waals surface area contributed by atoms with E-state index >= 15 is 0 Å². The molecule has 178 valence electrons. The van der Waals surface area contributed by atoms with Gasteiger partial charge < -0.3 is 14.5 Å². The van der Waals surface area contributed by atoms with Gasteiger partial charge in [-0.1, -0.05) is 36.4 Å². The van der Waals surface area contributed by atoms with Gasteiger partial charge in [0.25, 0.3) is 5.91 Å². The van der Waals surface area contributed by atoms with E-state index in [4.69, 9.17) is 4.74 Å². The van der Waals surface area contributed by atoms with Crippen LogP contribution in [0.2, 0.25) is 0 Å². The summed E-state index contributed by atoms with van der Waals surface area (Å²) >= 11 is 0. The van der Waals surface area contributed by atoms with E-state index in [0.29, 0.717) is 5.92 Å². The fourth-order valence-electron chi connectivity index (χ4n) is 4.42. The number of ether oxygens (including phenoxy) is 1. The molecule has 1 atom stereocenters. The second-order valence-electron chi connectivity index (χ2n) is 8.65. The van der Waals surface area contributed by atoms with Gasteiger partial charge in [0.2, 0.25) is 0 Å². The van der Waals surface area contributed by atoms with Crippen molar-refractivity contribution in [1.82, 2.24) is 9.80 Å². The summed E-state index contributed by atoms with van der Waals surface area (Å²) in [5, 5.41) is 0. The molecule has 0 fully saturated rings. The van der Waals surface area contributed by atoms with E-state index in [-0.39, 0.29) is 18.3 Å². The number of carbonyl (C=O) groups excluding carboxylic acids is 1. The van der Waals surface area contributed by atoms with Crippen LogP contribution in [-0.4, -0.2) is 56.5 Å². The maximum Gasteiger partial charge on any atom is 0.253 e. The summed E-state index contributed by atoms with van der Waals surface area (Å²) in [5.41, 5.74) is 5.69. The number of methoxy groups -OCH3 is 1. The molecular formula is C28H37ClN2O2. The SMILES string of the molecule is CCN(CC)C(=O)c1cccc(C=C2C=C(c3cccc(OC)c3)C(CN(C)C)CC2)c1.Cl. The fraction of sp³-hybridized carbons (Fsp3) is 0.393. The van der Waals surface area contributed by atoms with Crippen molar-refractivity contribution in [1.29, 1.82) is 0 Å². The smallest absolute Gasteiger partial charge is 0.253 e. The number of hydrogen-bond acceptors (Lipinski definition) is 3. The quantitative estimate of drug-likeness (QED) is 0.473. The van der Waals surface area contributed by atoms with E-state index in [0.717, 1.165) is 49.4 Å². The molecule has 0 spiro atoms. The number of halogens is 1. The zero-order valence-electron chi connectivity index (χ0n) is 20.5. The Labute approximate surface area is 205 Å². The molecule has 2 aromatic carbocycles. The normalized spacial score (nSPS) is 16.8. The van der Waals surface area contributed by atoms with Gasteiger partial charge in [-0.3, -0.25) is 4.79 Å². The van der Waals surface area contributed by atoms with Gasteiger partial charge in [-0.05, 0) is 93.2 Å². The van der Waals surface area contributed by atoms with Crippen LogP contribution in [0.5, 0.6) is 5.75 Å². The van der Waals surface area contributed by atoms with Crippen molar-refractivity contribution in [2.45, 2.75) is 26.7 Å². The third-order valence-corrected chi connectivity index (χ3v) is 6.09. The Morgan fingerprint density at radius 2 is 1.82 bits per heavy atom. The van der Waals surface area contributed by atoms with Crippen molar-refractivity contribution >= 4 is 30.0 Å². The van der Waals surface area contributed by atoms with E-state index in [1.165, 1.54) is 16.7 Å². The minimum atomic E-state index is 0. The third kappa shape index (κ3) is 6.96. The lowest BCUT2D eigenvalue weighted by atomic mass is 9.81. The molecule has 0 N–H and O–H groups in total. The van der Waals surface area contributed by atoms with E-state index in [2.05, 4.69) is 55.4 Å². The summed E-state index contributed by atoms with van der Waals surface area (Å²) in [7, 11) is 5.98. The third-order valence-electron chi connectivity index (χ3n) is 6.09. The van der Waals surface area contributed by atoms with Crippen LogP contribution in [0.1, 0.15) is 48.2 Å². The standard InChI is InChI=1S/C28H36N2O2.ClH/c1-6-30(7-2)28(31)24-12-8-10-21(17-24)16-22-14-15-25(20-29(3)4)27(18-22)23-11-9-13-26(19-23)32-5;/h8-13,16-19,25H,6-7,14-15,20H2,1-5H3;1H. The van der Waals surface area contributed by atoms with Gasteiger partial charge in [0, 0.05) is 25.2 Å². The van der Waals surface area contributed by atoms with Crippen molar-refractivity contribution in [3.8, 4) is 5.75 Å². The molecule has 3 rings (SSSR count). The summed E-state index contributed by atoms with van der Waals surface area (Å²) in [5.74, 6) is 1.45. The first-order valence-corrected chi connectivity index (χ1v) is 11.6. The highest BCUT2D eigenvalue weighted by molar-refractivity contribution is 5.94. The highest BCUT2D eigenvalue weighted by Gasteiger charge is 2.22. The molecule has 1 aliphatic rings. The van der Waals surface area contributed by atoms with Crippen molar-refractivity contribution in [2.24, 2.45) is 5.92 Å². The van der Waals surface area contributed by atoms with Gasteiger partial charge in [0.05, 0.1) is 7.11 Å². The molecule has 0 radical (unpaired) electrons. The number of hydrogen-bond donors (Lipinski definition) is 0. The van der Waals surface area contributed by atoms with Gasteiger partial charge in [-0.2, -0.15) is 0 Å². The molecule has 0 saturated heterocycles. The molecule has 1 amide bonds. The predicted molar refractivity (Wildman–Crippen MR) is 141 cm³/mol. The van der Waals surface area contributed by atoms with E-state index in [1.807, 2.05) is 43.0 Å². The molecule has 33 heavy (non-hydrogen) atoms. The van der Waals surface area contributed by atoms with E-state index < -0.39 is 0 Å². The topological polar surface area (TPSA) is 32.8 Å². The van der Waals surface area contributed by atoms with Crippen molar-refractivity contribution in [3.05, 3.63) is 76.9 Å². The van der Waals surface area contributed by atoms with Crippen molar-refractivity contribution < 1.29 is 9.53 Å². The summed E-state index contributed by atoms with van der Waals surface area (Å²) < 4.78 is 5.47. The largest absolute Gasteiger partial charge is 0.497 e. The summed E-state index contributed by atoms with van der Waals surface area (Å²) in [6, 6.07) is 16.3. The number of benzene rings is 2. The van der Waals surface area contributed by atoms with Crippen LogP contribution >= 0.6 is 12.4 Å². The molecule has 0 bridgehead atoms. The zero-order chi connectivity index (χ0) is 23.1. The van der Waals surface area contributed by atoms with Crippen LogP contribution in [-0.2, 0) is 0 Å². The molecule has 2 aromatic rings. The molecule has 4 nitrogen and oxygen atoms in total. The van der Waals surface area contributed by atoms with Crippen molar-refractivity contribution in [3.63, 3.8) is 0 Å². The maximum atomic E-state index is 12.8. The lowest BCUT2D eigenvalue weighted by Crippen LogP contribution is -2.30. The second-order valence-corrected chi connectivity index (χ2v) is 8.65. The Morgan fingerprint density at radius 3 is 2.48 bits per heavy atom. The molecular weight excluding hydrogens is 432 g/mol. The van der Waals surface area contributed by atoms with Crippen LogP contribution in [0.15, 0.2) is 60.2 Å². The van der Waals surface area contributed by atoms with E-state index in [1.54, 1.807) is 7.11 Å². The van der Waals surface area contributed by atoms with Crippen LogP contribution in [0.4, 0.5) is 0 Å². The van der Waals surface area contributed by atoms with Gasteiger partial charge in [-0.15, -0.1) is 12.4 Å². The first-order chi connectivity index (χ1) is 15.4. The number of allylic oxidation sites excluding steroid dienone is 2. The molecule has 5 heteroatoms. The van der Waals surface area contributed by atoms with E-state index in [9.17, 15) is 4.79 Å². The molecule has 0 heterocycles. The van der Waals surface area contributed by atoms with Crippen LogP contribution in [0.25, 0.3) is 11.6 Å². The summed E-state index contributed by atoms with van der Waals surface area (Å²) in [6.07, 6.45) is 6.70. The lowest BCUT2D eigenvalue weighted by molar-refractivity contribution is 0.0773. The average molecular weight is 469 g/mol. The Kier molecular flexibility index (Phi) is 10.2. The average Bonchev–Trinajstić information content (AvgIpc) is 2.80. The highest BCUT2D eigenvalue weighted by atomic mass is 35.5. The summed E-state index contributed by atoms with van der Waals surface area (Å²) in [4.78, 5) is 16.9. The monoisotopic (exact) mass is 468 g/mol. The Bertz CT molecular complexity index is 993. The Hall–Kier alpha value is -2.56. The molecule has 0 saturated carbocycles. The van der Waals surface area contributed by atoms with Gasteiger partial charge >= 0.3 is 0 Å². The number of rotatable bonds is 8. The number of carbonyl (C=O) groups is 1. The zero-order valence-corrected chi connectivity index (χ0v) is 21.3. The first-order valence-electron chi connectivity index (χ1n) is 11.6. The predicted octanol–water partition coefficient (Wildman–Crippen LogP) is 6.04. The lowest BCUT2D eigenvalue weighted by Gasteiger charge is -2.29. The van der Waals surface area contributed by atoms with Crippen LogP contribution in [0, 0.1) is 5.92 Å². The van der Waals surface area contributed by atoms with Crippen LogP contribution < -0.4 is 4.74 Å². The highest BCUT2D eigenvalue weighted by Crippen LogP contribution is 2.37. The summed E-state index contributed by atoms with van der Waals surface area (Å²) in [6.45, 7) is 6.50. The van der Waals surface area contributed by atoms with Crippen molar-refractivity contribution in [2.75, 3.05) is 40.8 Å². The molecule has 1 aliphatic carbocycles. The first kappa shape index (κ1) is 26.7. The number of nitrogens with zero attached hydrogens (tertiary/aromatic N) is 2. The minimum Gasteiger partial charge on any atom is -0.497 e. The number of amides is 1. The minimum absolute atomic E-state index is 0. The Morgan fingerprint density at radius 1 is 1.09 bits per heavy atom. The maximum absolute atomic E-state index is 12.8. The fourth-order valence-corrected chi connectivity index (χ4v) is 4.42. The molecule has 1 unspecified atom stereocenters. The Balaban J connectivity index is 0.00000385. The van der Waals surface area contributed by atoms with Gasteiger partial charge in [0.1, 0.15) is 5.75 Å². The molecule has 0 aliphatic heterocycles.